The molecule has 0 aliphatic carbocycles. The molecule has 0 bridgehead atoms. The number of sulfonamides is 2. The normalized spacial score (nSPS) is 13.9. The predicted octanol–water partition coefficient (Wildman–Crippen LogP) is 0.669. The number of rotatable bonds is 7. The second kappa shape index (κ2) is 7.84. The van der Waals surface area contributed by atoms with Crippen molar-refractivity contribution in [3.05, 3.63) is 42.5 Å². The van der Waals surface area contributed by atoms with Crippen LogP contribution >= 0.6 is 0 Å². The van der Waals surface area contributed by atoms with E-state index in [-0.39, 0.29) is 34.3 Å². The van der Waals surface area contributed by atoms with E-state index >= 15 is 0 Å². The molecule has 13 heteroatoms. The van der Waals surface area contributed by atoms with Crippen molar-refractivity contribution < 1.29 is 36.3 Å². The minimum absolute atomic E-state index is 0.0176. The van der Waals surface area contributed by atoms with Crippen molar-refractivity contribution in [2.75, 3.05) is 33.8 Å². The SMILES string of the molecule is CS(=O)(=O)Nc1cccc(NS(=O)(=O)c2ccc3c(c2)N(CC(=O)O)C(=O)CO3)c1. The molecule has 160 valence electrons. The van der Waals surface area contributed by atoms with Crippen molar-refractivity contribution in [3.63, 3.8) is 0 Å². The molecule has 1 heterocycles. The van der Waals surface area contributed by atoms with E-state index in [4.69, 9.17) is 9.84 Å². The lowest BCUT2D eigenvalue weighted by molar-refractivity contribution is -0.137. The Hall–Kier alpha value is -3.32. The zero-order chi connectivity index (χ0) is 22.1. The molecule has 0 unspecified atom stereocenters. The molecule has 2 aromatic rings. The number of aliphatic carboxylic acids is 1. The maximum absolute atomic E-state index is 12.8. The number of carboxylic acid groups (broad SMARTS) is 1. The Bertz CT molecular complexity index is 1230. The number of nitrogens with zero attached hydrogens (tertiary/aromatic N) is 1. The second-order valence-electron chi connectivity index (χ2n) is 6.35. The third-order valence-corrected chi connectivity index (χ3v) is 5.88. The fourth-order valence-corrected chi connectivity index (χ4v) is 4.36. The van der Waals surface area contributed by atoms with Gasteiger partial charge in [-0.05, 0) is 36.4 Å². The first kappa shape index (κ1) is 21.4. The van der Waals surface area contributed by atoms with E-state index in [0.717, 1.165) is 17.2 Å². The van der Waals surface area contributed by atoms with Crippen LogP contribution in [0.15, 0.2) is 47.4 Å². The molecule has 0 saturated heterocycles. The van der Waals surface area contributed by atoms with Gasteiger partial charge in [-0.25, -0.2) is 16.8 Å². The summed E-state index contributed by atoms with van der Waals surface area (Å²) < 4.78 is 58.1. The van der Waals surface area contributed by atoms with E-state index in [1.807, 2.05) is 0 Å². The Morgan fingerprint density at radius 2 is 1.77 bits per heavy atom. The Labute approximate surface area is 172 Å². The molecular formula is C17H17N3O8S2. The highest BCUT2D eigenvalue weighted by Gasteiger charge is 2.29. The minimum Gasteiger partial charge on any atom is -0.482 e. The largest absolute Gasteiger partial charge is 0.482 e. The molecule has 0 atom stereocenters. The van der Waals surface area contributed by atoms with Gasteiger partial charge in [0.1, 0.15) is 12.3 Å². The van der Waals surface area contributed by atoms with Gasteiger partial charge in [0.15, 0.2) is 6.61 Å². The van der Waals surface area contributed by atoms with Crippen molar-refractivity contribution in [2.24, 2.45) is 0 Å². The number of ether oxygens (including phenoxy) is 1. The lowest BCUT2D eigenvalue weighted by Gasteiger charge is -2.28. The van der Waals surface area contributed by atoms with Gasteiger partial charge in [-0.2, -0.15) is 0 Å². The average molecular weight is 455 g/mol. The van der Waals surface area contributed by atoms with Gasteiger partial charge in [-0.1, -0.05) is 6.07 Å². The third-order valence-electron chi connectivity index (χ3n) is 3.90. The quantitative estimate of drug-likeness (QED) is 0.549. The predicted molar refractivity (Wildman–Crippen MR) is 108 cm³/mol. The summed E-state index contributed by atoms with van der Waals surface area (Å²) in [6.45, 7) is -1.00. The van der Waals surface area contributed by atoms with E-state index in [1.165, 1.54) is 36.4 Å². The molecular weight excluding hydrogens is 438 g/mol. The molecule has 0 radical (unpaired) electrons. The average Bonchev–Trinajstić information content (AvgIpc) is 2.62. The van der Waals surface area contributed by atoms with E-state index < -0.39 is 38.5 Å². The molecule has 1 amide bonds. The molecule has 1 aliphatic rings. The maximum Gasteiger partial charge on any atom is 0.323 e. The summed E-state index contributed by atoms with van der Waals surface area (Å²) in [6.07, 6.45) is 0.962. The van der Waals surface area contributed by atoms with Crippen molar-refractivity contribution in [1.82, 2.24) is 0 Å². The number of hydrogen-bond acceptors (Lipinski definition) is 7. The topological polar surface area (TPSA) is 159 Å². The number of nitrogens with one attached hydrogen (secondary N) is 2. The summed E-state index contributed by atoms with van der Waals surface area (Å²) in [5.41, 5.74) is 0.273. The van der Waals surface area contributed by atoms with Crippen LogP contribution in [0.25, 0.3) is 0 Å². The fraction of sp³-hybridized carbons (Fsp3) is 0.176. The van der Waals surface area contributed by atoms with Gasteiger partial charge >= 0.3 is 5.97 Å². The molecule has 3 rings (SSSR count). The molecule has 2 aromatic carbocycles. The van der Waals surface area contributed by atoms with Gasteiger partial charge < -0.3 is 9.84 Å². The molecule has 30 heavy (non-hydrogen) atoms. The minimum atomic E-state index is -4.14. The highest BCUT2D eigenvalue weighted by atomic mass is 32.2. The number of carbonyl (C=O) groups excluding carboxylic acids is 1. The number of carboxylic acids is 1. The Balaban J connectivity index is 1.92. The van der Waals surface area contributed by atoms with Crippen molar-refractivity contribution in [1.29, 1.82) is 0 Å². The Kier molecular flexibility index (Phi) is 5.59. The van der Waals surface area contributed by atoms with E-state index in [1.54, 1.807) is 0 Å². The smallest absolute Gasteiger partial charge is 0.323 e. The summed E-state index contributed by atoms with van der Waals surface area (Å²) >= 11 is 0. The highest BCUT2D eigenvalue weighted by Crippen LogP contribution is 2.34. The first-order valence-electron chi connectivity index (χ1n) is 8.34. The van der Waals surface area contributed by atoms with E-state index in [9.17, 15) is 26.4 Å². The molecule has 11 nitrogen and oxygen atoms in total. The summed E-state index contributed by atoms with van der Waals surface area (Å²) in [6, 6.07) is 9.33. The molecule has 0 fully saturated rings. The number of carbonyl (C=O) groups is 2. The first-order chi connectivity index (χ1) is 13.9. The van der Waals surface area contributed by atoms with Gasteiger partial charge in [-0.3, -0.25) is 23.9 Å². The number of anilines is 3. The highest BCUT2D eigenvalue weighted by molar-refractivity contribution is 7.92. The standard InChI is InChI=1S/C17H17N3O8S2/c1-29(24,25)18-11-3-2-4-12(7-11)19-30(26,27)13-5-6-15-14(8-13)20(9-17(22)23)16(21)10-28-15/h2-8,18-19H,9-10H2,1H3,(H,22,23). The van der Waals surface area contributed by atoms with Crippen LogP contribution in [0, 0.1) is 0 Å². The van der Waals surface area contributed by atoms with Gasteiger partial charge in [0, 0.05) is 0 Å². The molecule has 0 spiro atoms. The van der Waals surface area contributed by atoms with Crippen LogP contribution in [0.5, 0.6) is 5.75 Å². The van der Waals surface area contributed by atoms with Crippen molar-refractivity contribution in [3.8, 4) is 5.75 Å². The zero-order valence-electron chi connectivity index (χ0n) is 15.5. The van der Waals surface area contributed by atoms with Crippen LogP contribution < -0.4 is 19.1 Å². The number of amides is 1. The van der Waals surface area contributed by atoms with Crippen LogP contribution in [-0.2, 0) is 29.6 Å². The summed E-state index contributed by atoms with van der Waals surface area (Å²) in [7, 11) is -7.69. The maximum atomic E-state index is 12.8. The van der Waals surface area contributed by atoms with Crippen LogP contribution in [-0.4, -0.2) is 53.2 Å². The Morgan fingerprint density at radius 1 is 1.10 bits per heavy atom. The van der Waals surface area contributed by atoms with Gasteiger partial charge in [0.05, 0.1) is 28.2 Å². The van der Waals surface area contributed by atoms with Crippen LogP contribution in [0.2, 0.25) is 0 Å². The number of hydrogen-bond donors (Lipinski definition) is 3. The second-order valence-corrected chi connectivity index (χ2v) is 9.78. The lowest BCUT2D eigenvalue weighted by atomic mass is 10.2. The molecule has 1 aliphatic heterocycles. The van der Waals surface area contributed by atoms with Crippen LogP contribution in [0.4, 0.5) is 17.1 Å². The summed E-state index contributed by atoms with van der Waals surface area (Å²) in [5.74, 6) is -1.71. The lowest BCUT2D eigenvalue weighted by Crippen LogP contribution is -2.42. The fourth-order valence-electron chi connectivity index (χ4n) is 2.73. The van der Waals surface area contributed by atoms with E-state index in [2.05, 4.69) is 9.44 Å². The first-order valence-corrected chi connectivity index (χ1v) is 11.7. The van der Waals surface area contributed by atoms with Gasteiger partial charge in [0.2, 0.25) is 10.0 Å². The number of benzene rings is 2. The van der Waals surface area contributed by atoms with Crippen molar-refractivity contribution in [2.45, 2.75) is 4.90 Å². The monoisotopic (exact) mass is 455 g/mol. The van der Waals surface area contributed by atoms with Gasteiger partial charge in [0.25, 0.3) is 15.9 Å². The number of fused-ring (bicyclic) bond motifs is 1. The van der Waals surface area contributed by atoms with Crippen LogP contribution in [0.3, 0.4) is 0 Å². The third kappa shape index (κ3) is 4.99. The molecule has 0 saturated carbocycles. The Morgan fingerprint density at radius 3 is 2.40 bits per heavy atom. The summed E-state index contributed by atoms with van der Waals surface area (Å²) in [5, 5.41) is 9.03. The van der Waals surface area contributed by atoms with Gasteiger partial charge in [-0.15, -0.1) is 0 Å². The van der Waals surface area contributed by atoms with E-state index in [0.29, 0.717) is 0 Å². The van der Waals surface area contributed by atoms with Crippen molar-refractivity contribution >= 4 is 49.0 Å². The van der Waals surface area contributed by atoms with Crippen LogP contribution in [0.1, 0.15) is 0 Å². The molecule has 0 aromatic heterocycles. The zero-order valence-corrected chi connectivity index (χ0v) is 17.2. The summed E-state index contributed by atoms with van der Waals surface area (Å²) in [4.78, 5) is 23.8. The molecule has 3 N–H and O–H groups in total.